The van der Waals surface area contributed by atoms with E-state index >= 15 is 0 Å². The SMILES string of the molecule is C[C@H]1CC[C@H]2COC(=O)[C@H]2C1(C)C. The largest absolute Gasteiger partial charge is 0.465 e. The molecule has 0 aromatic carbocycles. The summed E-state index contributed by atoms with van der Waals surface area (Å²) in [7, 11) is 0. The third-order valence-corrected chi connectivity index (χ3v) is 4.21. The quantitative estimate of drug-likeness (QED) is 0.537. The molecule has 2 rings (SSSR count). The number of fused-ring (bicyclic) bond motifs is 1. The van der Waals surface area contributed by atoms with Gasteiger partial charge in [0.1, 0.15) is 0 Å². The predicted octanol–water partition coefficient (Wildman–Crippen LogP) is 2.23. The highest BCUT2D eigenvalue weighted by Gasteiger charge is 2.51. The van der Waals surface area contributed by atoms with Gasteiger partial charge in [0.25, 0.3) is 0 Å². The fourth-order valence-corrected chi connectivity index (χ4v) is 2.87. The van der Waals surface area contributed by atoms with Crippen LogP contribution in [0.25, 0.3) is 0 Å². The molecule has 0 radical (unpaired) electrons. The highest BCUT2D eigenvalue weighted by molar-refractivity contribution is 5.75. The first-order chi connectivity index (χ1) is 6.03. The highest BCUT2D eigenvalue weighted by Crippen LogP contribution is 2.50. The van der Waals surface area contributed by atoms with Crippen molar-refractivity contribution >= 4 is 5.97 Å². The summed E-state index contributed by atoms with van der Waals surface area (Å²) in [6, 6.07) is 0. The molecule has 1 heterocycles. The van der Waals surface area contributed by atoms with Gasteiger partial charge in [-0.15, -0.1) is 0 Å². The zero-order valence-corrected chi connectivity index (χ0v) is 8.67. The van der Waals surface area contributed by atoms with Crippen molar-refractivity contribution in [1.82, 2.24) is 0 Å². The first kappa shape index (κ1) is 9.04. The standard InChI is InChI=1S/C11H18O2/c1-7-4-5-8-6-13-10(12)9(8)11(7,2)3/h7-9H,4-6H2,1-3H3/t7-,8-,9-/m0/s1. The second-order valence-corrected chi connectivity index (χ2v) is 5.17. The molecule has 2 fully saturated rings. The number of carbonyl (C=O) groups is 1. The maximum atomic E-state index is 11.5. The minimum Gasteiger partial charge on any atom is -0.465 e. The van der Waals surface area contributed by atoms with E-state index in [0.29, 0.717) is 18.4 Å². The first-order valence-electron chi connectivity index (χ1n) is 5.20. The molecule has 2 nitrogen and oxygen atoms in total. The molecule has 74 valence electrons. The molecule has 13 heavy (non-hydrogen) atoms. The van der Waals surface area contributed by atoms with E-state index < -0.39 is 0 Å². The Bertz CT molecular complexity index is 232. The lowest BCUT2D eigenvalue weighted by Crippen LogP contribution is -2.41. The topological polar surface area (TPSA) is 26.3 Å². The third kappa shape index (κ3) is 1.18. The summed E-state index contributed by atoms with van der Waals surface area (Å²) in [4.78, 5) is 11.5. The monoisotopic (exact) mass is 182 g/mol. The molecule has 0 amide bonds. The van der Waals surface area contributed by atoms with Gasteiger partial charge in [-0.3, -0.25) is 4.79 Å². The van der Waals surface area contributed by atoms with Crippen LogP contribution < -0.4 is 0 Å². The number of ether oxygens (including phenoxy) is 1. The molecular weight excluding hydrogens is 164 g/mol. The summed E-state index contributed by atoms with van der Waals surface area (Å²) >= 11 is 0. The van der Waals surface area contributed by atoms with Gasteiger partial charge in [0.05, 0.1) is 12.5 Å². The molecule has 3 atom stereocenters. The molecule has 0 N–H and O–H groups in total. The van der Waals surface area contributed by atoms with Crippen LogP contribution in [-0.2, 0) is 9.53 Å². The lowest BCUT2D eigenvalue weighted by molar-refractivity contribution is -0.146. The Morgan fingerprint density at radius 2 is 2.08 bits per heavy atom. The third-order valence-electron chi connectivity index (χ3n) is 4.21. The molecule has 0 unspecified atom stereocenters. The van der Waals surface area contributed by atoms with E-state index in [0.717, 1.165) is 0 Å². The first-order valence-corrected chi connectivity index (χ1v) is 5.20. The van der Waals surface area contributed by atoms with E-state index in [4.69, 9.17) is 4.74 Å². The maximum absolute atomic E-state index is 11.5. The van der Waals surface area contributed by atoms with Crippen LogP contribution in [-0.4, -0.2) is 12.6 Å². The van der Waals surface area contributed by atoms with Gasteiger partial charge in [-0.05, 0) is 24.2 Å². The minimum absolute atomic E-state index is 0.0431. The lowest BCUT2D eigenvalue weighted by atomic mass is 9.60. The second-order valence-electron chi connectivity index (χ2n) is 5.17. The molecule has 1 aliphatic heterocycles. The Labute approximate surface area is 79.7 Å². The number of esters is 1. The molecule has 1 saturated carbocycles. The van der Waals surface area contributed by atoms with Crippen LogP contribution in [0.5, 0.6) is 0 Å². The highest BCUT2D eigenvalue weighted by atomic mass is 16.5. The van der Waals surface area contributed by atoms with Crippen molar-refractivity contribution in [2.24, 2.45) is 23.2 Å². The van der Waals surface area contributed by atoms with Crippen molar-refractivity contribution in [2.45, 2.75) is 33.6 Å². The normalized spacial score (nSPS) is 42.7. The summed E-state index contributed by atoms with van der Waals surface area (Å²) in [5.41, 5.74) is 0.135. The summed E-state index contributed by atoms with van der Waals surface area (Å²) in [6.45, 7) is 7.34. The predicted molar refractivity (Wildman–Crippen MR) is 50.1 cm³/mol. The van der Waals surface area contributed by atoms with E-state index in [-0.39, 0.29) is 17.3 Å². The molecule has 0 aromatic rings. The number of hydrogen-bond acceptors (Lipinski definition) is 2. The fraction of sp³-hybridized carbons (Fsp3) is 0.909. The Kier molecular flexibility index (Phi) is 1.90. The van der Waals surface area contributed by atoms with Gasteiger partial charge < -0.3 is 4.74 Å². The van der Waals surface area contributed by atoms with Gasteiger partial charge in [0.2, 0.25) is 0 Å². The molecule has 1 aliphatic carbocycles. The van der Waals surface area contributed by atoms with E-state index in [1.165, 1.54) is 12.8 Å². The summed E-state index contributed by atoms with van der Waals surface area (Å²) in [6.07, 6.45) is 2.41. The molecule has 1 saturated heterocycles. The molecule has 2 heteroatoms. The van der Waals surface area contributed by atoms with Crippen molar-refractivity contribution in [1.29, 1.82) is 0 Å². The molecule has 0 bridgehead atoms. The number of rotatable bonds is 0. The van der Waals surface area contributed by atoms with E-state index in [1.54, 1.807) is 0 Å². The van der Waals surface area contributed by atoms with Crippen LogP contribution >= 0.6 is 0 Å². The van der Waals surface area contributed by atoms with E-state index in [2.05, 4.69) is 20.8 Å². The second kappa shape index (κ2) is 2.73. The van der Waals surface area contributed by atoms with Gasteiger partial charge in [-0.25, -0.2) is 0 Å². The molecule has 0 aromatic heterocycles. The maximum Gasteiger partial charge on any atom is 0.309 e. The Balaban J connectivity index is 2.28. The zero-order valence-electron chi connectivity index (χ0n) is 8.67. The van der Waals surface area contributed by atoms with Gasteiger partial charge >= 0.3 is 5.97 Å². The smallest absolute Gasteiger partial charge is 0.309 e. The van der Waals surface area contributed by atoms with Crippen molar-refractivity contribution in [2.75, 3.05) is 6.61 Å². The summed E-state index contributed by atoms with van der Waals surface area (Å²) < 4.78 is 5.14. The van der Waals surface area contributed by atoms with Crippen LogP contribution in [0.15, 0.2) is 0 Å². The van der Waals surface area contributed by atoms with E-state index in [9.17, 15) is 4.79 Å². The van der Waals surface area contributed by atoms with Crippen LogP contribution in [0.3, 0.4) is 0 Å². The van der Waals surface area contributed by atoms with Gasteiger partial charge in [-0.2, -0.15) is 0 Å². The summed E-state index contributed by atoms with van der Waals surface area (Å²) in [5.74, 6) is 1.34. The number of cyclic esters (lactones) is 1. The van der Waals surface area contributed by atoms with Gasteiger partial charge in [0, 0.05) is 5.92 Å². The Morgan fingerprint density at radius 1 is 1.38 bits per heavy atom. The summed E-state index contributed by atoms with van der Waals surface area (Å²) in [5, 5.41) is 0. The van der Waals surface area contributed by atoms with E-state index in [1.807, 2.05) is 0 Å². The molecule has 0 spiro atoms. The number of hydrogen-bond donors (Lipinski definition) is 0. The van der Waals surface area contributed by atoms with Gasteiger partial charge in [0.15, 0.2) is 0 Å². The average Bonchev–Trinajstić information content (AvgIpc) is 2.41. The van der Waals surface area contributed by atoms with Crippen LogP contribution in [0.2, 0.25) is 0 Å². The van der Waals surface area contributed by atoms with Gasteiger partial charge in [-0.1, -0.05) is 20.8 Å². The minimum atomic E-state index is 0.0431. The average molecular weight is 182 g/mol. The molecule has 2 aliphatic rings. The van der Waals surface area contributed by atoms with Crippen LogP contribution in [0, 0.1) is 23.2 Å². The molecular formula is C11H18O2. The van der Waals surface area contributed by atoms with Crippen LogP contribution in [0.1, 0.15) is 33.6 Å². The number of carbonyl (C=O) groups excluding carboxylic acids is 1. The zero-order chi connectivity index (χ0) is 9.64. The fourth-order valence-electron chi connectivity index (χ4n) is 2.87. The Hall–Kier alpha value is -0.530. The van der Waals surface area contributed by atoms with Crippen molar-refractivity contribution < 1.29 is 9.53 Å². The van der Waals surface area contributed by atoms with Crippen molar-refractivity contribution in [3.8, 4) is 0 Å². The van der Waals surface area contributed by atoms with Crippen LogP contribution in [0.4, 0.5) is 0 Å². The van der Waals surface area contributed by atoms with Crippen molar-refractivity contribution in [3.05, 3.63) is 0 Å². The Morgan fingerprint density at radius 3 is 2.77 bits per heavy atom. The van der Waals surface area contributed by atoms with Crippen molar-refractivity contribution in [3.63, 3.8) is 0 Å². The lowest BCUT2D eigenvalue weighted by Gasteiger charge is -2.42.